The number of halogens is 1. The second-order valence-electron chi connectivity index (χ2n) is 3.93. The average Bonchev–Trinajstić information content (AvgIpc) is 2.84. The summed E-state index contributed by atoms with van der Waals surface area (Å²) in [5, 5.41) is 0.522. The third-order valence-corrected chi connectivity index (χ3v) is 3.11. The highest BCUT2D eigenvalue weighted by atomic mass is 127. The van der Waals surface area contributed by atoms with Gasteiger partial charge in [0, 0.05) is 12.3 Å². The Balaban J connectivity index is 0.00000200. The molecule has 2 N–H and O–H groups in total. The normalized spacial score (nSPS) is 11.1. The van der Waals surface area contributed by atoms with E-state index in [2.05, 4.69) is 9.98 Å². The molecule has 0 aliphatic rings. The van der Waals surface area contributed by atoms with Gasteiger partial charge in [0.2, 0.25) is 0 Å². The molecule has 108 valence electrons. The number of methoxy groups -OCH3 is 1. The standard InChI is InChI=1S/C13H16N4OS.HI/c1-9-7-17(8-15-9)11-5-4-10(6-12(11)18-2)16-13(14)19-3;/h4-8H,1-3H3,(H2,14,16);1H. The van der Waals surface area contributed by atoms with Crippen LogP contribution < -0.4 is 10.5 Å². The van der Waals surface area contributed by atoms with Gasteiger partial charge in [-0.15, -0.1) is 24.0 Å². The van der Waals surface area contributed by atoms with Crippen molar-refractivity contribution >= 4 is 46.6 Å². The van der Waals surface area contributed by atoms with E-state index >= 15 is 0 Å². The number of benzene rings is 1. The number of ether oxygens (including phenoxy) is 1. The molecule has 0 radical (unpaired) electrons. The SMILES string of the molecule is COc1cc(N=C(N)SC)ccc1-n1cnc(C)c1.I. The zero-order chi connectivity index (χ0) is 13.8. The van der Waals surface area contributed by atoms with Crippen LogP contribution in [0, 0.1) is 6.92 Å². The van der Waals surface area contributed by atoms with Crippen LogP contribution in [0.5, 0.6) is 5.75 Å². The molecule has 0 aliphatic heterocycles. The topological polar surface area (TPSA) is 65.4 Å². The maximum atomic E-state index is 5.71. The van der Waals surface area contributed by atoms with Crippen molar-refractivity contribution in [1.82, 2.24) is 9.55 Å². The number of aryl methyl sites for hydroxylation is 1. The minimum Gasteiger partial charge on any atom is -0.494 e. The lowest BCUT2D eigenvalue weighted by atomic mass is 10.2. The Bertz CT molecular complexity index is 612. The minimum atomic E-state index is 0. The van der Waals surface area contributed by atoms with Gasteiger partial charge in [-0.25, -0.2) is 9.98 Å². The molecule has 0 aliphatic carbocycles. The van der Waals surface area contributed by atoms with Gasteiger partial charge in [-0.1, -0.05) is 11.8 Å². The Morgan fingerprint density at radius 2 is 2.20 bits per heavy atom. The molecular weight excluding hydrogens is 387 g/mol. The van der Waals surface area contributed by atoms with Crippen molar-refractivity contribution in [3.05, 3.63) is 36.4 Å². The maximum Gasteiger partial charge on any atom is 0.158 e. The van der Waals surface area contributed by atoms with Crippen molar-refractivity contribution in [3.8, 4) is 11.4 Å². The Kier molecular flexibility index (Phi) is 6.34. The number of thioether (sulfide) groups is 1. The van der Waals surface area contributed by atoms with E-state index < -0.39 is 0 Å². The summed E-state index contributed by atoms with van der Waals surface area (Å²) in [7, 11) is 1.63. The van der Waals surface area contributed by atoms with Crippen molar-refractivity contribution in [2.24, 2.45) is 10.7 Å². The Morgan fingerprint density at radius 3 is 2.75 bits per heavy atom. The maximum absolute atomic E-state index is 5.71. The Labute approximate surface area is 139 Å². The predicted molar refractivity (Wildman–Crippen MR) is 95.1 cm³/mol. The van der Waals surface area contributed by atoms with Crippen LogP contribution in [0.1, 0.15) is 5.69 Å². The van der Waals surface area contributed by atoms with Crippen LogP contribution >= 0.6 is 35.7 Å². The van der Waals surface area contributed by atoms with Gasteiger partial charge in [0.05, 0.1) is 30.5 Å². The highest BCUT2D eigenvalue weighted by Gasteiger charge is 2.07. The van der Waals surface area contributed by atoms with Gasteiger partial charge >= 0.3 is 0 Å². The summed E-state index contributed by atoms with van der Waals surface area (Å²) in [5.41, 5.74) is 8.35. The lowest BCUT2D eigenvalue weighted by Gasteiger charge is -2.09. The van der Waals surface area contributed by atoms with E-state index in [1.807, 2.05) is 42.1 Å². The summed E-state index contributed by atoms with van der Waals surface area (Å²) >= 11 is 1.41. The number of aromatic nitrogens is 2. The quantitative estimate of drug-likeness (QED) is 0.485. The summed E-state index contributed by atoms with van der Waals surface area (Å²) in [5.74, 6) is 0.729. The van der Waals surface area contributed by atoms with Crippen molar-refractivity contribution in [1.29, 1.82) is 0 Å². The van der Waals surface area contributed by atoms with Gasteiger partial charge in [-0.3, -0.25) is 0 Å². The van der Waals surface area contributed by atoms with Gasteiger partial charge in [-0.05, 0) is 25.3 Å². The first-order valence-electron chi connectivity index (χ1n) is 5.71. The van der Waals surface area contributed by atoms with Crippen LogP contribution in [0.25, 0.3) is 5.69 Å². The lowest BCUT2D eigenvalue weighted by molar-refractivity contribution is 0.413. The van der Waals surface area contributed by atoms with Crippen molar-refractivity contribution in [2.75, 3.05) is 13.4 Å². The molecule has 0 bridgehead atoms. The van der Waals surface area contributed by atoms with Gasteiger partial charge in [0.1, 0.15) is 5.75 Å². The van der Waals surface area contributed by atoms with Gasteiger partial charge < -0.3 is 15.0 Å². The van der Waals surface area contributed by atoms with E-state index in [-0.39, 0.29) is 24.0 Å². The first-order valence-corrected chi connectivity index (χ1v) is 6.93. The van der Waals surface area contributed by atoms with Crippen LogP contribution in [0.3, 0.4) is 0 Å². The molecule has 0 atom stereocenters. The fourth-order valence-electron chi connectivity index (χ4n) is 1.68. The molecule has 2 rings (SSSR count). The van der Waals surface area contributed by atoms with Crippen LogP contribution in [0.4, 0.5) is 5.69 Å². The van der Waals surface area contributed by atoms with E-state index in [1.165, 1.54) is 11.8 Å². The van der Waals surface area contributed by atoms with Crippen molar-refractivity contribution in [2.45, 2.75) is 6.92 Å². The first kappa shape index (κ1) is 16.8. The third-order valence-electron chi connectivity index (χ3n) is 2.60. The van der Waals surface area contributed by atoms with E-state index in [0.29, 0.717) is 5.17 Å². The third kappa shape index (κ3) is 3.89. The molecule has 0 saturated carbocycles. The number of nitrogens with two attached hydrogens (primary N) is 1. The molecule has 7 heteroatoms. The van der Waals surface area contributed by atoms with Crippen molar-refractivity contribution < 1.29 is 4.74 Å². The molecule has 20 heavy (non-hydrogen) atoms. The fraction of sp³-hybridized carbons (Fsp3) is 0.231. The molecule has 5 nitrogen and oxygen atoms in total. The van der Waals surface area contributed by atoms with E-state index in [4.69, 9.17) is 10.5 Å². The minimum absolute atomic E-state index is 0. The molecule has 0 saturated heterocycles. The second kappa shape index (κ2) is 7.53. The molecule has 0 amide bonds. The van der Waals surface area contributed by atoms with Crippen LogP contribution in [0.2, 0.25) is 0 Å². The zero-order valence-electron chi connectivity index (χ0n) is 11.5. The van der Waals surface area contributed by atoms with Gasteiger partial charge in [-0.2, -0.15) is 0 Å². The monoisotopic (exact) mass is 404 g/mol. The van der Waals surface area contributed by atoms with E-state index in [9.17, 15) is 0 Å². The molecule has 0 spiro atoms. The molecule has 1 heterocycles. The van der Waals surface area contributed by atoms with Gasteiger partial charge in [0.25, 0.3) is 0 Å². The van der Waals surface area contributed by atoms with Crippen LogP contribution in [-0.4, -0.2) is 28.1 Å². The molecule has 0 unspecified atom stereocenters. The number of imidazole rings is 1. The Morgan fingerprint density at radius 1 is 1.45 bits per heavy atom. The zero-order valence-corrected chi connectivity index (χ0v) is 14.7. The number of nitrogens with zero attached hydrogens (tertiary/aromatic N) is 3. The highest BCUT2D eigenvalue weighted by molar-refractivity contribution is 14.0. The smallest absolute Gasteiger partial charge is 0.158 e. The highest BCUT2D eigenvalue weighted by Crippen LogP contribution is 2.28. The van der Waals surface area contributed by atoms with Crippen LogP contribution in [0.15, 0.2) is 35.7 Å². The predicted octanol–water partition coefficient (Wildman–Crippen LogP) is 3.12. The Hall–Kier alpha value is -1.22. The van der Waals surface area contributed by atoms with Crippen molar-refractivity contribution in [3.63, 3.8) is 0 Å². The fourth-order valence-corrected chi connectivity index (χ4v) is 1.87. The van der Waals surface area contributed by atoms with E-state index in [0.717, 1.165) is 22.8 Å². The molecule has 1 aromatic heterocycles. The number of amidine groups is 1. The summed E-state index contributed by atoms with van der Waals surface area (Å²) in [4.78, 5) is 8.49. The summed E-state index contributed by atoms with van der Waals surface area (Å²) in [6, 6.07) is 5.69. The van der Waals surface area contributed by atoms with E-state index in [1.54, 1.807) is 13.4 Å². The molecular formula is C13H17IN4OS. The molecule has 2 aromatic rings. The summed E-state index contributed by atoms with van der Waals surface area (Å²) < 4.78 is 7.32. The first-order chi connectivity index (χ1) is 9.13. The number of hydrogen-bond acceptors (Lipinski definition) is 4. The average molecular weight is 404 g/mol. The number of aliphatic imine (C=N–C) groups is 1. The number of rotatable bonds is 3. The summed E-state index contributed by atoms with van der Waals surface area (Å²) in [6.07, 6.45) is 5.59. The second-order valence-corrected chi connectivity index (χ2v) is 4.76. The lowest BCUT2D eigenvalue weighted by Crippen LogP contribution is -2.04. The molecule has 1 aromatic carbocycles. The number of hydrogen-bond donors (Lipinski definition) is 1. The summed E-state index contributed by atoms with van der Waals surface area (Å²) in [6.45, 7) is 1.95. The molecule has 0 fully saturated rings. The largest absolute Gasteiger partial charge is 0.494 e. The van der Waals surface area contributed by atoms with Crippen LogP contribution in [-0.2, 0) is 0 Å². The van der Waals surface area contributed by atoms with Gasteiger partial charge in [0.15, 0.2) is 5.17 Å².